The first-order chi connectivity index (χ1) is 9.11. The maximum Gasteiger partial charge on any atom is 0.141 e. The van der Waals surface area contributed by atoms with Gasteiger partial charge in [0.05, 0.1) is 12.8 Å². The number of halogens is 1. The maximum absolute atomic E-state index is 5.39. The Bertz CT molecular complexity index is 568. The second-order valence-electron chi connectivity index (χ2n) is 4.59. The zero-order chi connectivity index (χ0) is 13.8. The Morgan fingerprint density at radius 1 is 1.16 bits per heavy atom. The molecule has 0 aliphatic carbocycles. The SMILES string of the molecule is COc1ccc(C)cc1NC(C)c1ccccc1Br. The van der Waals surface area contributed by atoms with Gasteiger partial charge in [0.15, 0.2) is 0 Å². The van der Waals surface area contributed by atoms with Gasteiger partial charge in [0, 0.05) is 10.5 Å². The Hall–Kier alpha value is -1.48. The zero-order valence-corrected chi connectivity index (χ0v) is 13.0. The van der Waals surface area contributed by atoms with Gasteiger partial charge in [-0.2, -0.15) is 0 Å². The van der Waals surface area contributed by atoms with Gasteiger partial charge in [-0.3, -0.25) is 0 Å². The molecular weight excluding hydrogens is 302 g/mol. The summed E-state index contributed by atoms with van der Waals surface area (Å²) in [6.45, 7) is 4.22. The molecule has 0 spiro atoms. The Balaban J connectivity index is 2.26. The van der Waals surface area contributed by atoms with E-state index in [4.69, 9.17) is 4.74 Å². The van der Waals surface area contributed by atoms with E-state index in [1.165, 1.54) is 11.1 Å². The summed E-state index contributed by atoms with van der Waals surface area (Å²) in [5.41, 5.74) is 3.46. The third kappa shape index (κ3) is 3.29. The van der Waals surface area contributed by atoms with E-state index in [1.807, 2.05) is 24.3 Å². The summed E-state index contributed by atoms with van der Waals surface area (Å²) in [7, 11) is 1.69. The number of hydrogen-bond donors (Lipinski definition) is 1. The van der Waals surface area contributed by atoms with Gasteiger partial charge in [-0.25, -0.2) is 0 Å². The molecule has 0 radical (unpaired) electrons. The van der Waals surface area contributed by atoms with Crippen molar-refractivity contribution in [3.8, 4) is 5.75 Å². The van der Waals surface area contributed by atoms with Crippen LogP contribution in [-0.4, -0.2) is 7.11 Å². The topological polar surface area (TPSA) is 21.3 Å². The third-order valence-corrected chi connectivity index (χ3v) is 3.82. The smallest absolute Gasteiger partial charge is 0.141 e. The molecule has 3 heteroatoms. The van der Waals surface area contributed by atoms with Gasteiger partial charge in [0.1, 0.15) is 5.75 Å². The van der Waals surface area contributed by atoms with Gasteiger partial charge < -0.3 is 10.1 Å². The quantitative estimate of drug-likeness (QED) is 0.861. The van der Waals surface area contributed by atoms with Crippen LogP contribution >= 0.6 is 15.9 Å². The molecule has 0 fully saturated rings. The molecule has 0 saturated carbocycles. The summed E-state index contributed by atoms with van der Waals surface area (Å²) in [4.78, 5) is 0. The van der Waals surface area contributed by atoms with Gasteiger partial charge in [0.25, 0.3) is 0 Å². The summed E-state index contributed by atoms with van der Waals surface area (Å²) >= 11 is 3.59. The van der Waals surface area contributed by atoms with Crippen molar-refractivity contribution in [2.45, 2.75) is 19.9 Å². The minimum atomic E-state index is 0.200. The average Bonchev–Trinajstić information content (AvgIpc) is 2.39. The van der Waals surface area contributed by atoms with Crippen molar-refractivity contribution in [3.05, 3.63) is 58.1 Å². The summed E-state index contributed by atoms with van der Waals surface area (Å²) in [6.07, 6.45) is 0. The minimum absolute atomic E-state index is 0.200. The van der Waals surface area contributed by atoms with E-state index in [1.54, 1.807) is 7.11 Å². The molecule has 2 aromatic carbocycles. The standard InChI is InChI=1S/C16H18BrNO/c1-11-8-9-16(19-3)15(10-11)18-12(2)13-6-4-5-7-14(13)17/h4-10,12,18H,1-3H3. The van der Waals surface area contributed by atoms with E-state index < -0.39 is 0 Å². The molecule has 19 heavy (non-hydrogen) atoms. The number of benzene rings is 2. The van der Waals surface area contributed by atoms with Crippen LogP contribution in [-0.2, 0) is 0 Å². The molecule has 2 aromatic rings. The van der Waals surface area contributed by atoms with E-state index in [9.17, 15) is 0 Å². The van der Waals surface area contributed by atoms with E-state index in [-0.39, 0.29) is 6.04 Å². The largest absolute Gasteiger partial charge is 0.495 e. The molecule has 0 bridgehead atoms. The van der Waals surface area contributed by atoms with E-state index in [0.29, 0.717) is 0 Å². The van der Waals surface area contributed by atoms with E-state index in [0.717, 1.165) is 15.9 Å². The Labute approximate surface area is 122 Å². The van der Waals surface area contributed by atoms with Gasteiger partial charge >= 0.3 is 0 Å². The fourth-order valence-corrected chi connectivity index (χ4v) is 2.70. The average molecular weight is 320 g/mol. The Kier molecular flexibility index (Phi) is 4.48. The van der Waals surface area contributed by atoms with Crippen molar-refractivity contribution in [2.24, 2.45) is 0 Å². The molecule has 0 amide bonds. The third-order valence-electron chi connectivity index (χ3n) is 3.10. The van der Waals surface area contributed by atoms with Crippen LogP contribution in [0.3, 0.4) is 0 Å². The van der Waals surface area contributed by atoms with Crippen molar-refractivity contribution in [3.63, 3.8) is 0 Å². The maximum atomic E-state index is 5.39. The van der Waals surface area contributed by atoms with Crippen molar-refractivity contribution in [1.29, 1.82) is 0 Å². The van der Waals surface area contributed by atoms with Crippen LogP contribution in [0.1, 0.15) is 24.1 Å². The number of rotatable bonds is 4. The predicted octanol–water partition coefficient (Wildman–Crippen LogP) is 4.94. The normalized spacial score (nSPS) is 12.0. The predicted molar refractivity (Wildman–Crippen MR) is 83.9 cm³/mol. The Morgan fingerprint density at radius 2 is 1.89 bits per heavy atom. The summed E-state index contributed by atoms with van der Waals surface area (Å²) < 4.78 is 6.51. The summed E-state index contributed by atoms with van der Waals surface area (Å²) in [5.74, 6) is 0.865. The molecule has 2 nitrogen and oxygen atoms in total. The lowest BCUT2D eigenvalue weighted by Crippen LogP contribution is -2.08. The van der Waals surface area contributed by atoms with Crippen LogP contribution in [0.25, 0.3) is 0 Å². The molecule has 0 heterocycles. The molecule has 0 aliphatic rings. The van der Waals surface area contributed by atoms with Gasteiger partial charge in [-0.1, -0.05) is 40.2 Å². The van der Waals surface area contributed by atoms with E-state index >= 15 is 0 Å². The first-order valence-electron chi connectivity index (χ1n) is 6.27. The zero-order valence-electron chi connectivity index (χ0n) is 11.4. The van der Waals surface area contributed by atoms with Crippen molar-refractivity contribution >= 4 is 21.6 Å². The highest BCUT2D eigenvalue weighted by Gasteiger charge is 2.11. The molecule has 1 N–H and O–H groups in total. The highest BCUT2D eigenvalue weighted by atomic mass is 79.9. The molecule has 1 atom stereocenters. The second kappa shape index (κ2) is 6.11. The number of nitrogens with one attached hydrogen (secondary N) is 1. The summed E-state index contributed by atoms with van der Waals surface area (Å²) in [6, 6.07) is 14.6. The van der Waals surface area contributed by atoms with Crippen LogP contribution < -0.4 is 10.1 Å². The first kappa shape index (κ1) is 13.9. The highest BCUT2D eigenvalue weighted by molar-refractivity contribution is 9.10. The van der Waals surface area contributed by atoms with Crippen LogP contribution in [0.2, 0.25) is 0 Å². The van der Waals surface area contributed by atoms with Crippen LogP contribution in [0.5, 0.6) is 5.75 Å². The fourth-order valence-electron chi connectivity index (χ4n) is 2.07. The number of ether oxygens (including phenoxy) is 1. The molecule has 0 saturated heterocycles. The lowest BCUT2D eigenvalue weighted by atomic mass is 10.1. The molecule has 1 unspecified atom stereocenters. The number of aryl methyl sites for hydroxylation is 1. The molecular formula is C16H18BrNO. The monoisotopic (exact) mass is 319 g/mol. The van der Waals surface area contributed by atoms with Gasteiger partial charge in [0.2, 0.25) is 0 Å². The Morgan fingerprint density at radius 3 is 2.58 bits per heavy atom. The number of anilines is 1. The lowest BCUT2D eigenvalue weighted by Gasteiger charge is -2.19. The fraction of sp³-hybridized carbons (Fsp3) is 0.250. The lowest BCUT2D eigenvalue weighted by molar-refractivity contribution is 0.416. The van der Waals surface area contributed by atoms with Crippen molar-refractivity contribution < 1.29 is 4.74 Å². The molecule has 2 rings (SSSR count). The first-order valence-corrected chi connectivity index (χ1v) is 7.06. The minimum Gasteiger partial charge on any atom is -0.495 e. The van der Waals surface area contributed by atoms with Crippen molar-refractivity contribution in [2.75, 3.05) is 12.4 Å². The molecule has 100 valence electrons. The van der Waals surface area contributed by atoms with Crippen molar-refractivity contribution in [1.82, 2.24) is 0 Å². The van der Waals surface area contributed by atoms with Crippen LogP contribution in [0, 0.1) is 6.92 Å². The highest BCUT2D eigenvalue weighted by Crippen LogP contribution is 2.31. The summed E-state index contributed by atoms with van der Waals surface area (Å²) in [5, 5.41) is 3.50. The van der Waals surface area contributed by atoms with Crippen LogP contribution in [0.4, 0.5) is 5.69 Å². The van der Waals surface area contributed by atoms with E-state index in [2.05, 4.69) is 53.3 Å². The van der Waals surface area contributed by atoms with Gasteiger partial charge in [-0.05, 0) is 43.2 Å². The second-order valence-corrected chi connectivity index (χ2v) is 5.45. The number of methoxy groups -OCH3 is 1. The molecule has 0 aliphatic heterocycles. The molecule has 0 aromatic heterocycles. The van der Waals surface area contributed by atoms with Crippen LogP contribution in [0.15, 0.2) is 46.9 Å². The van der Waals surface area contributed by atoms with Gasteiger partial charge in [-0.15, -0.1) is 0 Å². The number of hydrogen-bond acceptors (Lipinski definition) is 2.